The minimum Gasteiger partial charge on any atom is -0.426 e. The monoisotopic (exact) mass is 414 g/mol. The SMILES string of the molecule is CCCC1CCC(C2CCC(C(=O)Oc3ccc4c(F)c(F)ccc4c3)CC2)CC1. The van der Waals surface area contributed by atoms with Crippen LogP contribution in [0.1, 0.15) is 71.1 Å². The zero-order valence-electron chi connectivity index (χ0n) is 17.8. The van der Waals surface area contributed by atoms with E-state index in [-0.39, 0.29) is 17.3 Å². The summed E-state index contributed by atoms with van der Waals surface area (Å²) < 4.78 is 32.8. The Kier molecular flexibility index (Phi) is 6.70. The highest BCUT2D eigenvalue weighted by atomic mass is 19.2. The van der Waals surface area contributed by atoms with E-state index in [0.717, 1.165) is 49.5 Å². The van der Waals surface area contributed by atoms with Crippen LogP contribution < -0.4 is 4.74 Å². The van der Waals surface area contributed by atoms with Gasteiger partial charge in [-0.25, -0.2) is 8.78 Å². The molecule has 0 aromatic heterocycles. The topological polar surface area (TPSA) is 26.3 Å². The third-order valence-electron chi connectivity index (χ3n) is 7.46. The van der Waals surface area contributed by atoms with Crippen molar-refractivity contribution in [2.75, 3.05) is 0 Å². The van der Waals surface area contributed by atoms with E-state index in [1.807, 2.05) is 0 Å². The molecule has 0 amide bonds. The third-order valence-corrected chi connectivity index (χ3v) is 7.46. The number of benzene rings is 2. The van der Waals surface area contributed by atoms with Crippen LogP contribution in [0.2, 0.25) is 0 Å². The molecule has 2 aliphatic rings. The Morgan fingerprint density at radius 3 is 2.27 bits per heavy atom. The first-order valence-electron chi connectivity index (χ1n) is 11.6. The number of hydrogen-bond acceptors (Lipinski definition) is 2. The van der Waals surface area contributed by atoms with Gasteiger partial charge in [-0.2, -0.15) is 0 Å². The lowest BCUT2D eigenvalue weighted by Gasteiger charge is -2.37. The van der Waals surface area contributed by atoms with Crippen LogP contribution in [-0.2, 0) is 4.79 Å². The van der Waals surface area contributed by atoms with Gasteiger partial charge in [-0.15, -0.1) is 0 Å². The van der Waals surface area contributed by atoms with E-state index >= 15 is 0 Å². The first-order chi connectivity index (χ1) is 14.5. The molecule has 4 heteroatoms. The lowest BCUT2D eigenvalue weighted by atomic mass is 9.69. The molecule has 2 aliphatic carbocycles. The van der Waals surface area contributed by atoms with Gasteiger partial charge in [0.15, 0.2) is 11.6 Å². The highest BCUT2D eigenvalue weighted by Gasteiger charge is 2.33. The number of ether oxygens (including phenoxy) is 1. The molecular weight excluding hydrogens is 382 g/mol. The smallest absolute Gasteiger partial charge is 0.314 e. The molecule has 2 aromatic carbocycles. The van der Waals surface area contributed by atoms with Crippen molar-refractivity contribution in [2.45, 2.75) is 71.1 Å². The predicted octanol–water partition coefficient (Wildman–Crippen LogP) is 7.44. The second kappa shape index (κ2) is 9.45. The van der Waals surface area contributed by atoms with E-state index in [1.165, 1.54) is 50.7 Å². The average Bonchev–Trinajstić information content (AvgIpc) is 2.77. The molecule has 2 fully saturated rings. The lowest BCUT2D eigenvalue weighted by Crippen LogP contribution is -2.30. The molecule has 162 valence electrons. The van der Waals surface area contributed by atoms with Gasteiger partial charge >= 0.3 is 5.97 Å². The number of carbonyl (C=O) groups excluding carboxylic acids is 1. The van der Waals surface area contributed by atoms with Crippen molar-refractivity contribution in [3.63, 3.8) is 0 Å². The Hall–Kier alpha value is -1.97. The summed E-state index contributed by atoms with van der Waals surface area (Å²) >= 11 is 0. The molecule has 0 heterocycles. The summed E-state index contributed by atoms with van der Waals surface area (Å²) in [6.45, 7) is 2.28. The molecule has 4 rings (SSSR count). The average molecular weight is 415 g/mol. The summed E-state index contributed by atoms with van der Waals surface area (Å²) in [4.78, 5) is 12.7. The summed E-state index contributed by atoms with van der Waals surface area (Å²) in [5.74, 6) is 0.941. The lowest BCUT2D eigenvalue weighted by molar-refractivity contribution is -0.140. The van der Waals surface area contributed by atoms with Crippen molar-refractivity contribution in [3.8, 4) is 5.75 Å². The normalized spacial score (nSPS) is 27.2. The number of esters is 1. The van der Waals surface area contributed by atoms with Gasteiger partial charge in [0.05, 0.1) is 5.92 Å². The van der Waals surface area contributed by atoms with Crippen molar-refractivity contribution in [2.24, 2.45) is 23.7 Å². The second-order valence-electron chi connectivity index (χ2n) is 9.35. The van der Waals surface area contributed by atoms with Gasteiger partial charge in [0.25, 0.3) is 0 Å². The minimum atomic E-state index is -0.872. The minimum absolute atomic E-state index is 0.0571. The van der Waals surface area contributed by atoms with Crippen molar-refractivity contribution in [1.29, 1.82) is 0 Å². The van der Waals surface area contributed by atoms with Gasteiger partial charge in [-0.05, 0) is 85.9 Å². The predicted molar refractivity (Wildman–Crippen MR) is 115 cm³/mol. The van der Waals surface area contributed by atoms with E-state index in [0.29, 0.717) is 11.1 Å². The van der Waals surface area contributed by atoms with Crippen LogP contribution in [0.3, 0.4) is 0 Å². The summed E-state index contributed by atoms with van der Waals surface area (Å²) in [6, 6.07) is 7.23. The number of hydrogen-bond donors (Lipinski definition) is 0. The molecule has 0 saturated heterocycles. The highest BCUT2D eigenvalue weighted by Crippen LogP contribution is 2.42. The maximum atomic E-state index is 13.9. The standard InChI is InChI=1S/C26H32F2O2/c1-2-3-17-4-6-18(7-5-17)19-8-10-20(11-9-19)26(29)30-22-13-14-23-21(16-22)12-15-24(27)25(23)28/h12-20H,2-11H2,1H3. The van der Waals surface area contributed by atoms with Gasteiger partial charge in [-0.1, -0.05) is 38.7 Å². The van der Waals surface area contributed by atoms with Crippen LogP contribution in [-0.4, -0.2) is 5.97 Å². The van der Waals surface area contributed by atoms with Crippen LogP contribution in [0.4, 0.5) is 8.78 Å². The zero-order chi connectivity index (χ0) is 21.1. The molecule has 0 unspecified atom stereocenters. The fourth-order valence-electron chi connectivity index (χ4n) is 5.69. The van der Waals surface area contributed by atoms with E-state index in [9.17, 15) is 13.6 Å². The first kappa shape index (κ1) is 21.3. The van der Waals surface area contributed by atoms with E-state index in [4.69, 9.17) is 4.74 Å². The molecule has 2 saturated carbocycles. The van der Waals surface area contributed by atoms with Gasteiger partial charge in [0.2, 0.25) is 0 Å². The third kappa shape index (κ3) is 4.68. The van der Waals surface area contributed by atoms with Gasteiger partial charge in [-0.3, -0.25) is 4.79 Å². The Morgan fingerprint density at radius 2 is 1.60 bits per heavy atom. The molecule has 2 nitrogen and oxygen atoms in total. The molecule has 0 bridgehead atoms. The van der Waals surface area contributed by atoms with Crippen molar-refractivity contribution < 1.29 is 18.3 Å². The maximum absolute atomic E-state index is 13.9. The zero-order valence-corrected chi connectivity index (χ0v) is 17.8. The molecule has 2 aromatic rings. The van der Waals surface area contributed by atoms with Crippen LogP contribution in [0, 0.1) is 35.3 Å². The number of halogens is 2. The summed E-state index contributed by atoms with van der Waals surface area (Å²) in [5, 5.41) is 0.727. The number of rotatable bonds is 5. The highest BCUT2D eigenvalue weighted by molar-refractivity contribution is 5.85. The Morgan fingerprint density at radius 1 is 0.933 bits per heavy atom. The van der Waals surface area contributed by atoms with E-state index < -0.39 is 11.6 Å². The van der Waals surface area contributed by atoms with Crippen LogP contribution in [0.25, 0.3) is 10.8 Å². The summed E-state index contributed by atoms with van der Waals surface area (Å²) in [6.07, 6.45) is 12.2. The fourth-order valence-corrected chi connectivity index (χ4v) is 5.69. The molecule has 0 atom stereocenters. The maximum Gasteiger partial charge on any atom is 0.314 e. The van der Waals surface area contributed by atoms with Gasteiger partial charge in [0.1, 0.15) is 5.75 Å². The van der Waals surface area contributed by atoms with Crippen molar-refractivity contribution in [3.05, 3.63) is 42.0 Å². The molecule has 0 radical (unpaired) electrons. The number of carbonyl (C=O) groups is 1. The summed E-state index contributed by atoms with van der Waals surface area (Å²) in [5.41, 5.74) is 0. The van der Waals surface area contributed by atoms with Crippen molar-refractivity contribution in [1.82, 2.24) is 0 Å². The molecule has 30 heavy (non-hydrogen) atoms. The molecule has 0 aliphatic heterocycles. The molecular formula is C26H32F2O2. The summed E-state index contributed by atoms with van der Waals surface area (Å²) in [7, 11) is 0. The molecule has 0 spiro atoms. The van der Waals surface area contributed by atoms with E-state index in [1.54, 1.807) is 12.1 Å². The molecule has 0 N–H and O–H groups in total. The van der Waals surface area contributed by atoms with Crippen LogP contribution >= 0.6 is 0 Å². The number of fused-ring (bicyclic) bond motifs is 1. The Balaban J connectivity index is 1.29. The van der Waals surface area contributed by atoms with Gasteiger partial charge in [0, 0.05) is 5.39 Å². The largest absolute Gasteiger partial charge is 0.426 e. The van der Waals surface area contributed by atoms with E-state index in [2.05, 4.69) is 6.92 Å². The Labute approximate surface area is 178 Å². The van der Waals surface area contributed by atoms with Crippen LogP contribution in [0.15, 0.2) is 30.3 Å². The first-order valence-corrected chi connectivity index (χ1v) is 11.6. The second-order valence-corrected chi connectivity index (χ2v) is 9.35. The van der Waals surface area contributed by atoms with Gasteiger partial charge < -0.3 is 4.74 Å². The fraction of sp³-hybridized carbons (Fsp3) is 0.577. The quantitative estimate of drug-likeness (QED) is 0.375. The van der Waals surface area contributed by atoms with Crippen molar-refractivity contribution >= 4 is 16.7 Å². The van der Waals surface area contributed by atoms with Crippen LogP contribution in [0.5, 0.6) is 5.75 Å². The Bertz CT molecular complexity index is 878.